The summed E-state index contributed by atoms with van der Waals surface area (Å²) >= 11 is 6.03. The Labute approximate surface area is 118 Å². The summed E-state index contributed by atoms with van der Waals surface area (Å²) in [5, 5.41) is 1.42. The molecule has 4 heteroatoms. The van der Waals surface area contributed by atoms with Crippen LogP contribution in [0.15, 0.2) is 28.7 Å². The molecule has 0 amide bonds. The number of hydrogen-bond donors (Lipinski definition) is 0. The minimum Gasteiger partial charge on any atom is -0.451 e. The van der Waals surface area contributed by atoms with E-state index in [0.717, 1.165) is 25.0 Å². The lowest BCUT2D eigenvalue weighted by Crippen LogP contribution is -2.25. The van der Waals surface area contributed by atoms with Gasteiger partial charge < -0.3 is 9.32 Å². The number of carbonyl (C=O) groups excluding carboxylic acids is 1. The molecule has 2 rings (SSSR count). The number of hydrogen-bond acceptors (Lipinski definition) is 3. The lowest BCUT2D eigenvalue weighted by Gasteiger charge is -2.16. The zero-order valence-electron chi connectivity index (χ0n) is 11.3. The van der Waals surface area contributed by atoms with E-state index in [9.17, 15) is 4.79 Å². The highest BCUT2D eigenvalue weighted by Crippen LogP contribution is 2.27. The van der Waals surface area contributed by atoms with Crippen molar-refractivity contribution >= 4 is 28.4 Å². The number of ketones is 1. The fraction of sp³-hybridized carbons (Fsp3) is 0.400. The summed E-state index contributed by atoms with van der Waals surface area (Å²) in [7, 11) is 0. The Kier molecular flexibility index (Phi) is 4.61. The number of fused-ring (bicyclic) bond motifs is 1. The Morgan fingerprint density at radius 3 is 2.68 bits per heavy atom. The third-order valence-corrected chi connectivity index (χ3v) is 3.62. The summed E-state index contributed by atoms with van der Waals surface area (Å²) in [6.07, 6.45) is 0.471. The van der Waals surface area contributed by atoms with Crippen LogP contribution in [0.25, 0.3) is 11.0 Å². The molecule has 2 aromatic rings. The number of furan rings is 1. The number of halogens is 1. The summed E-state index contributed by atoms with van der Waals surface area (Å²) in [4.78, 5) is 14.3. The van der Waals surface area contributed by atoms with E-state index < -0.39 is 0 Å². The molecule has 0 unspecified atom stereocenters. The second kappa shape index (κ2) is 6.22. The Morgan fingerprint density at radius 2 is 2.05 bits per heavy atom. The highest BCUT2D eigenvalue weighted by molar-refractivity contribution is 6.34. The van der Waals surface area contributed by atoms with Gasteiger partial charge in [-0.3, -0.25) is 4.79 Å². The van der Waals surface area contributed by atoms with Crippen LogP contribution in [0.2, 0.25) is 5.02 Å². The van der Waals surface area contributed by atoms with E-state index in [0.29, 0.717) is 22.8 Å². The van der Waals surface area contributed by atoms with Gasteiger partial charge in [0, 0.05) is 18.4 Å². The largest absolute Gasteiger partial charge is 0.451 e. The van der Waals surface area contributed by atoms with E-state index in [1.165, 1.54) is 0 Å². The van der Waals surface area contributed by atoms with Gasteiger partial charge in [-0.25, -0.2) is 0 Å². The highest BCUT2D eigenvalue weighted by Gasteiger charge is 2.14. The molecule has 0 bridgehead atoms. The molecule has 102 valence electrons. The van der Waals surface area contributed by atoms with Gasteiger partial charge in [0.15, 0.2) is 17.1 Å². The molecule has 1 aromatic heterocycles. The van der Waals surface area contributed by atoms with Crippen LogP contribution >= 0.6 is 11.6 Å². The molecule has 0 aliphatic heterocycles. The Morgan fingerprint density at radius 1 is 1.32 bits per heavy atom. The van der Waals surface area contributed by atoms with Crippen LogP contribution in [0.3, 0.4) is 0 Å². The first-order chi connectivity index (χ1) is 9.15. The zero-order valence-corrected chi connectivity index (χ0v) is 12.0. The molecule has 0 aliphatic carbocycles. The first kappa shape index (κ1) is 14.1. The summed E-state index contributed by atoms with van der Waals surface area (Å²) < 4.78 is 5.56. The minimum atomic E-state index is 0.0270. The zero-order chi connectivity index (χ0) is 13.8. The quantitative estimate of drug-likeness (QED) is 0.750. The molecule has 0 N–H and O–H groups in total. The van der Waals surface area contributed by atoms with Crippen molar-refractivity contribution in [2.75, 3.05) is 19.6 Å². The van der Waals surface area contributed by atoms with Gasteiger partial charge >= 0.3 is 0 Å². The first-order valence-electron chi connectivity index (χ1n) is 6.59. The van der Waals surface area contributed by atoms with Crippen LogP contribution in [0.5, 0.6) is 0 Å². The smallest absolute Gasteiger partial charge is 0.199 e. The number of carbonyl (C=O) groups is 1. The van der Waals surface area contributed by atoms with Crippen LogP contribution in [0, 0.1) is 0 Å². The van der Waals surface area contributed by atoms with E-state index in [1.54, 1.807) is 12.1 Å². The molecule has 1 heterocycles. The predicted molar refractivity (Wildman–Crippen MR) is 78.0 cm³/mol. The maximum absolute atomic E-state index is 12.1. The molecule has 0 radical (unpaired) electrons. The van der Waals surface area contributed by atoms with Gasteiger partial charge in [-0.1, -0.05) is 37.6 Å². The Balaban J connectivity index is 2.11. The van der Waals surface area contributed by atoms with Gasteiger partial charge in [0.05, 0.1) is 5.02 Å². The van der Waals surface area contributed by atoms with Crippen LogP contribution in [0.4, 0.5) is 0 Å². The molecular formula is C15H18ClNO2. The molecule has 0 atom stereocenters. The molecule has 1 aromatic carbocycles. The van der Waals surface area contributed by atoms with E-state index in [2.05, 4.69) is 18.7 Å². The monoisotopic (exact) mass is 279 g/mol. The van der Waals surface area contributed by atoms with Crippen molar-refractivity contribution in [3.63, 3.8) is 0 Å². The van der Waals surface area contributed by atoms with Gasteiger partial charge in [0.1, 0.15) is 0 Å². The third kappa shape index (κ3) is 3.17. The first-order valence-corrected chi connectivity index (χ1v) is 6.97. The van der Waals surface area contributed by atoms with Gasteiger partial charge in [-0.2, -0.15) is 0 Å². The summed E-state index contributed by atoms with van der Waals surface area (Å²) in [6, 6.07) is 7.28. The summed E-state index contributed by atoms with van der Waals surface area (Å²) in [5.74, 6) is 0.425. The molecule has 0 spiro atoms. The number of nitrogens with zero attached hydrogens (tertiary/aromatic N) is 1. The normalized spacial score (nSPS) is 11.4. The topological polar surface area (TPSA) is 33.5 Å². The summed E-state index contributed by atoms with van der Waals surface area (Å²) in [6.45, 7) is 6.85. The van der Waals surface area contributed by atoms with Crippen molar-refractivity contribution in [2.24, 2.45) is 0 Å². The van der Waals surface area contributed by atoms with Crippen molar-refractivity contribution < 1.29 is 9.21 Å². The second-order valence-electron chi connectivity index (χ2n) is 4.47. The van der Waals surface area contributed by atoms with Crippen molar-refractivity contribution in [3.8, 4) is 0 Å². The number of Topliss-reactive ketones (excluding diaryl/α,β-unsaturated/α-hetero) is 1. The van der Waals surface area contributed by atoms with Crippen molar-refractivity contribution in [3.05, 3.63) is 35.0 Å². The van der Waals surface area contributed by atoms with Crippen LogP contribution < -0.4 is 0 Å². The Bertz CT molecular complexity index is 573. The van der Waals surface area contributed by atoms with Gasteiger partial charge in [0.25, 0.3) is 0 Å². The number of para-hydroxylation sites is 1. The lowest BCUT2D eigenvalue weighted by atomic mass is 10.2. The van der Waals surface area contributed by atoms with E-state index in [4.69, 9.17) is 16.0 Å². The van der Waals surface area contributed by atoms with Gasteiger partial charge in [-0.05, 0) is 25.2 Å². The molecule has 19 heavy (non-hydrogen) atoms. The van der Waals surface area contributed by atoms with Crippen molar-refractivity contribution in [1.82, 2.24) is 4.90 Å². The van der Waals surface area contributed by atoms with Gasteiger partial charge in [-0.15, -0.1) is 0 Å². The maximum atomic E-state index is 12.1. The average molecular weight is 280 g/mol. The fourth-order valence-corrected chi connectivity index (χ4v) is 2.31. The van der Waals surface area contributed by atoms with E-state index >= 15 is 0 Å². The van der Waals surface area contributed by atoms with Crippen LogP contribution in [-0.4, -0.2) is 30.3 Å². The van der Waals surface area contributed by atoms with Crippen molar-refractivity contribution in [1.29, 1.82) is 0 Å². The van der Waals surface area contributed by atoms with Crippen LogP contribution in [-0.2, 0) is 0 Å². The second-order valence-corrected chi connectivity index (χ2v) is 4.88. The molecule has 0 saturated carbocycles. The molecule has 0 fully saturated rings. The highest BCUT2D eigenvalue weighted by atomic mass is 35.5. The lowest BCUT2D eigenvalue weighted by molar-refractivity contribution is 0.0941. The standard InChI is InChI=1S/C15H18ClNO2/c1-3-17(4-2)9-8-13(18)14-10-11-6-5-7-12(16)15(11)19-14/h5-7,10H,3-4,8-9H2,1-2H3. The molecule has 3 nitrogen and oxygen atoms in total. The Hall–Kier alpha value is -1.32. The van der Waals surface area contributed by atoms with Gasteiger partial charge in [0.2, 0.25) is 0 Å². The molecule has 0 saturated heterocycles. The minimum absolute atomic E-state index is 0.0270. The summed E-state index contributed by atoms with van der Waals surface area (Å²) in [5.41, 5.74) is 0.593. The third-order valence-electron chi connectivity index (χ3n) is 3.32. The fourth-order valence-electron chi connectivity index (χ4n) is 2.09. The van der Waals surface area contributed by atoms with Crippen LogP contribution in [0.1, 0.15) is 30.8 Å². The number of rotatable bonds is 6. The van der Waals surface area contributed by atoms with E-state index in [-0.39, 0.29) is 5.78 Å². The van der Waals surface area contributed by atoms with E-state index in [1.807, 2.05) is 12.1 Å². The molecule has 0 aliphatic rings. The maximum Gasteiger partial charge on any atom is 0.199 e. The predicted octanol–water partition coefficient (Wildman–Crippen LogP) is 4.00. The number of benzene rings is 1. The molecular weight excluding hydrogens is 262 g/mol. The SMILES string of the molecule is CCN(CC)CCC(=O)c1cc2cccc(Cl)c2o1. The van der Waals surface area contributed by atoms with Crippen molar-refractivity contribution in [2.45, 2.75) is 20.3 Å². The average Bonchev–Trinajstić information content (AvgIpc) is 2.85.